The molecule has 0 atom stereocenters. The first-order valence-corrected chi connectivity index (χ1v) is 4.78. The van der Waals surface area contributed by atoms with Crippen LogP contribution in [0.5, 0.6) is 0 Å². The van der Waals surface area contributed by atoms with Crippen LogP contribution in [-0.4, -0.2) is 13.0 Å². The molecule has 0 bridgehead atoms. The number of carbonyl (C=O) groups excluding carboxylic acids is 1. The number of rotatable bonds is 1. The van der Waals surface area contributed by atoms with Crippen molar-refractivity contribution in [3.63, 3.8) is 0 Å². The van der Waals surface area contributed by atoms with E-state index in [9.17, 15) is 4.79 Å². The van der Waals surface area contributed by atoms with Gasteiger partial charge in [0.25, 0.3) is 5.91 Å². The Labute approximate surface area is 85.3 Å². The van der Waals surface area contributed by atoms with Gasteiger partial charge in [0.1, 0.15) is 0 Å². The number of carbonyl (C=O) groups is 1. The standard InChI is InChI=1S/C12H17NO/c1-7-6-8(2)10(4)11(9(7)3)12(14)13-5/h6H,1-5H3,(H,13,14). The Morgan fingerprint density at radius 3 is 1.86 bits per heavy atom. The summed E-state index contributed by atoms with van der Waals surface area (Å²) in [5.41, 5.74) is 5.32. The molecule has 0 aliphatic carbocycles. The zero-order chi connectivity index (χ0) is 10.9. The number of hydrogen-bond acceptors (Lipinski definition) is 1. The minimum absolute atomic E-state index is 0.00630. The van der Waals surface area contributed by atoms with E-state index in [-0.39, 0.29) is 5.91 Å². The van der Waals surface area contributed by atoms with Gasteiger partial charge in [-0.15, -0.1) is 0 Å². The van der Waals surface area contributed by atoms with Crippen LogP contribution >= 0.6 is 0 Å². The fraction of sp³-hybridized carbons (Fsp3) is 0.417. The Kier molecular flexibility index (Phi) is 2.94. The van der Waals surface area contributed by atoms with Crippen LogP contribution in [0.25, 0.3) is 0 Å². The van der Waals surface area contributed by atoms with Crippen molar-refractivity contribution in [3.8, 4) is 0 Å². The Bertz CT molecular complexity index is 354. The summed E-state index contributed by atoms with van der Waals surface area (Å²) in [7, 11) is 1.67. The molecule has 0 aliphatic heterocycles. The molecule has 0 aromatic heterocycles. The lowest BCUT2D eigenvalue weighted by atomic mass is 9.94. The van der Waals surface area contributed by atoms with Gasteiger partial charge < -0.3 is 5.32 Å². The maximum absolute atomic E-state index is 11.6. The summed E-state index contributed by atoms with van der Waals surface area (Å²) in [6, 6.07) is 2.12. The largest absolute Gasteiger partial charge is 0.355 e. The third kappa shape index (κ3) is 1.65. The fourth-order valence-corrected chi connectivity index (χ4v) is 1.68. The molecule has 1 N–H and O–H groups in total. The molecule has 0 heterocycles. The highest BCUT2D eigenvalue weighted by atomic mass is 16.1. The summed E-state index contributed by atoms with van der Waals surface area (Å²) in [4.78, 5) is 11.6. The van der Waals surface area contributed by atoms with Gasteiger partial charge in [-0.3, -0.25) is 4.79 Å². The second-order valence-electron chi connectivity index (χ2n) is 3.71. The van der Waals surface area contributed by atoms with Gasteiger partial charge in [0, 0.05) is 12.6 Å². The van der Waals surface area contributed by atoms with Gasteiger partial charge >= 0.3 is 0 Å². The second kappa shape index (κ2) is 3.82. The quantitative estimate of drug-likeness (QED) is 0.725. The maximum Gasteiger partial charge on any atom is 0.251 e. The molecular formula is C12H17NO. The lowest BCUT2D eigenvalue weighted by molar-refractivity contribution is 0.0961. The summed E-state index contributed by atoms with van der Waals surface area (Å²) in [6.45, 7) is 8.06. The topological polar surface area (TPSA) is 29.1 Å². The van der Waals surface area contributed by atoms with Crippen molar-refractivity contribution in [2.75, 3.05) is 7.05 Å². The van der Waals surface area contributed by atoms with E-state index >= 15 is 0 Å². The average molecular weight is 191 g/mol. The number of amides is 1. The summed E-state index contributed by atoms with van der Waals surface area (Å²) < 4.78 is 0. The molecule has 0 unspecified atom stereocenters. The van der Waals surface area contributed by atoms with E-state index in [1.807, 2.05) is 27.7 Å². The molecule has 2 nitrogen and oxygen atoms in total. The third-order valence-electron chi connectivity index (χ3n) is 2.82. The van der Waals surface area contributed by atoms with Crippen LogP contribution in [0.1, 0.15) is 32.6 Å². The van der Waals surface area contributed by atoms with Crippen molar-refractivity contribution < 1.29 is 4.79 Å². The Hall–Kier alpha value is -1.31. The lowest BCUT2D eigenvalue weighted by Gasteiger charge is -2.13. The van der Waals surface area contributed by atoms with Crippen LogP contribution in [0.2, 0.25) is 0 Å². The van der Waals surface area contributed by atoms with E-state index < -0.39 is 0 Å². The smallest absolute Gasteiger partial charge is 0.251 e. The van der Waals surface area contributed by atoms with Gasteiger partial charge in [0.2, 0.25) is 0 Å². The minimum Gasteiger partial charge on any atom is -0.355 e. The number of aryl methyl sites for hydroxylation is 2. The summed E-state index contributed by atoms with van der Waals surface area (Å²) >= 11 is 0. The molecule has 1 aromatic rings. The monoisotopic (exact) mass is 191 g/mol. The summed E-state index contributed by atoms with van der Waals surface area (Å²) in [5, 5.41) is 2.68. The maximum atomic E-state index is 11.6. The van der Waals surface area contributed by atoms with Crippen LogP contribution in [0.15, 0.2) is 6.07 Å². The van der Waals surface area contributed by atoms with Gasteiger partial charge in [-0.25, -0.2) is 0 Å². The fourth-order valence-electron chi connectivity index (χ4n) is 1.68. The zero-order valence-corrected chi connectivity index (χ0v) is 9.49. The van der Waals surface area contributed by atoms with Gasteiger partial charge in [-0.1, -0.05) is 6.07 Å². The van der Waals surface area contributed by atoms with Crippen molar-refractivity contribution in [2.24, 2.45) is 0 Å². The predicted molar refractivity (Wildman–Crippen MR) is 58.8 cm³/mol. The van der Waals surface area contributed by atoms with Crippen LogP contribution in [-0.2, 0) is 0 Å². The zero-order valence-electron chi connectivity index (χ0n) is 9.49. The molecule has 1 aromatic carbocycles. The highest BCUT2D eigenvalue weighted by Crippen LogP contribution is 2.21. The molecule has 0 saturated heterocycles. The van der Waals surface area contributed by atoms with E-state index in [4.69, 9.17) is 0 Å². The second-order valence-corrected chi connectivity index (χ2v) is 3.71. The molecule has 0 radical (unpaired) electrons. The van der Waals surface area contributed by atoms with E-state index in [2.05, 4.69) is 11.4 Å². The molecule has 2 heteroatoms. The number of hydrogen-bond donors (Lipinski definition) is 1. The molecule has 1 rings (SSSR count). The molecule has 0 aliphatic rings. The van der Waals surface area contributed by atoms with Crippen molar-refractivity contribution in [3.05, 3.63) is 33.9 Å². The lowest BCUT2D eigenvalue weighted by Crippen LogP contribution is -2.21. The SMILES string of the molecule is CNC(=O)c1c(C)c(C)cc(C)c1C. The molecule has 0 saturated carbocycles. The Morgan fingerprint density at radius 1 is 1.07 bits per heavy atom. The average Bonchev–Trinajstić information content (AvgIpc) is 2.15. The third-order valence-corrected chi connectivity index (χ3v) is 2.82. The van der Waals surface area contributed by atoms with E-state index in [0.717, 1.165) is 16.7 Å². The molecule has 0 spiro atoms. The van der Waals surface area contributed by atoms with Crippen LogP contribution in [0.4, 0.5) is 0 Å². The highest BCUT2D eigenvalue weighted by Gasteiger charge is 2.13. The van der Waals surface area contributed by atoms with Gasteiger partial charge in [-0.05, 0) is 49.9 Å². The van der Waals surface area contributed by atoms with Crippen molar-refractivity contribution >= 4 is 5.91 Å². The van der Waals surface area contributed by atoms with Crippen molar-refractivity contribution in [1.29, 1.82) is 0 Å². The molecule has 14 heavy (non-hydrogen) atoms. The van der Waals surface area contributed by atoms with Gasteiger partial charge in [0.05, 0.1) is 0 Å². The Morgan fingerprint density at radius 2 is 1.50 bits per heavy atom. The molecule has 0 fully saturated rings. The highest BCUT2D eigenvalue weighted by molar-refractivity contribution is 5.97. The van der Waals surface area contributed by atoms with E-state index in [1.54, 1.807) is 7.05 Å². The molecule has 1 amide bonds. The van der Waals surface area contributed by atoms with Crippen molar-refractivity contribution in [1.82, 2.24) is 5.32 Å². The Balaban J connectivity index is 3.47. The van der Waals surface area contributed by atoms with E-state index in [0.29, 0.717) is 0 Å². The molecular weight excluding hydrogens is 174 g/mol. The minimum atomic E-state index is 0.00630. The first kappa shape index (κ1) is 10.8. The van der Waals surface area contributed by atoms with Gasteiger partial charge in [-0.2, -0.15) is 0 Å². The summed E-state index contributed by atoms with van der Waals surface area (Å²) in [6.07, 6.45) is 0. The number of nitrogens with one attached hydrogen (secondary N) is 1. The predicted octanol–water partition coefficient (Wildman–Crippen LogP) is 2.28. The van der Waals surface area contributed by atoms with Crippen molar-refractivity contribution in [2.45, 2.75) is 27.7 Å². The first-order chi connectivity index (χ1) is 6.49. The van der Waals surface area contributed by atoms with Crippen LogP contribution in [0.3, 0.4) is 0 Å². The first-order valence-electron chi connectivity index (χ1n) is 4.78. The van der Waals surface area contributed by atoms with E-state index in [1.165, 1.54) is 11.1 Å². The van der Waals surface area contributed by atoms with Crippen LogP contribution < -0.4 is 5.32 Å². The summed E-state index contributed by atoms with van der Waals surface area (Å²) in [5.74, 6) is 0.00630. The van der Waals surface area contributed by atoms with Gasteiger partial charge in [0.15, 0.2) is 0 Å². The normalized spacial score (nSPS) is 10.1. The van der Waals surface area contributed by atoms with Crippen LogP contribution in [0, 0.1) is 27.7 Å². The number of benzene rings is 1. The molecule has 76 valence electrons.